The maximum absolute atomic E-state index is 4.23. The Morgan fingerprint density at radius 1 is 1.45 bits per heavy atom. The van der Waals surface area contributed by atoms with Crippen LogP contribution in [-0.2, 0) is 0 Å². The number of rotatable bonds is 1. The summed E-state index contributed by atoms with van der Waals surface area (Å²) in [5.74, 6) is 0.539. The van der Waals surface area contributed by atoms with Crippen LogP contribution < -0.4 is 0 Å². The highest BCUT2D eigenvalue weighted by atomic mass is 79.9. The van der Waals surface area contributed by atoms with Gasteiger partial charge in [-0.25, -0.2) is 0 Å². The summed E-state index contributed by atoms with van der Waals surface area (Å²) in [5.41, 5.74) is 2.33. The van der Waals surface area contributed by atoms with Crippen LogP contribution in [0, 0.1) is 6.92 Å². The molecule has 60 valence electrons. The molecule has 11 heavy (non-hydrogen) atoms. The van der Waals surface area contributed by atoms with Crippen molar-refractivity contribution in [3.8, 4) is 0 Å². The standard InChI is InChI=1S/C9H12BrN/c1-6(2)8-5-11-7(3)4-9(8)10/h4-6H,1-3H3. The Morgan fingerprint density at radius 2 is 2.09 bits per heavy atom. The first-order valence-electron chi connectivity index (χ1n) is 3.73. The molecule has 0 fully saturated rings. The van der Waals surface area contributed by atoms with Gasteiger partial charge in [0.2, 0.25) is 0 Å². The molecule has 1 heterocycles. The molecule has 0 atom stereocenters. The van der Waals surface area contributed by atoms with Crippen molar-refractivity contribution in [1.82, 2.24) is 4.98 Å². The molecule has 0 aromatic carbocycles. The monoisotopic (exact) mass is 213 g/mol. The van der Waals surface area contributed by atoms with Gasteiger partial charge in [0.05, 0.1) is 0 Å². The van der Waals surface area contributed by atoms with Crippen molar-refractivity contribution in [2.45, 2.75) is 26.7 Å². The predicted octanol–water partition coefficient (Wildman–Crippen LogP) is 3.28. The topological polar surface area (TPSA) is 12.9 Å². The first kappa shape index (κ1) is 8.72. The van der Waals surface area contributed by atoms with Crippen molar-refractivity contribution in [2.75, 3.05) is 0 Å². The van der Waals surface area contributed by atoms with Crippen molar-refractivity contribution in [2.24, 2.45) is 0 Å². The number of hydrogen-bond donors (Lipinski definition) is 0. The fraction of sp³-hybridized carbons (Fsp3) is 0.444. The molecular formula is C9H12BrN. The Morgan fingerprint density at radius 3 is 2.55 bits per heavy atom. The Labute approximate surface area is 76.0 Å². The summed E-state index contributed by atoms with van der Waals surface area (Å²) in [6.07, 6.45) is 1.93. The summed E-state index contributed by atoms with van der Waals surface area (Å²) >= 11 is 3.51. The van der Waals surface area contributed by atoms with Crippen LogP contribution in [0.15, 0.2) is 16.7 Å². The fourth-order valence-electron chi connectivity index (χ4n) is 0.962. The van der Waals surface area contributed by atoms with Crippen molar-refractivity contribution >= 4 is 15.9 Å². The zero-order chi connectivity index (χ0) is 8.43. The molecule has 0 saturated carbocycles. The molecule has 0 aliphatic carbocycles. The predicted molar refractivity (Wildman–Crippen MR) is 50.8 cm³/mol. The second-order valence-corrected chi connectivity index (χ2v) is 3.86. The van der Waals surface area contributed by atoms with E-state index in [1.807, 2.05) is 13.1 Å². The molecule has 0 spiro atoms. The minimum Gasteiger partial charge on any atom is -0.261 e. The number of halogens is 1. The average Bonchev–Trinajstić information content (AvgIpc) is 1.85. The third-order valence-corrected chi connectivity index (χ3v) is 2.33. The van der Waals surface area contributed by atoms with Crippen LogP contribution in [0.4, 0.5) is 0 Å². The molecule has 0 amide bonds. The SMILES string of the molecule is Cc1cc(Br)c(C(C)C)cn1. The zero-order valence-electron chi connectivity index (χ0n) is 7.06. The highest BCUT2D eigenvalue weighted by Gasteiger charge is 2.03. The minimum absolute atomic E-state index is 0.539. The van der Waals surface area contributed by atoms with Gasteiger partial charge in [-0.15, -0.1) is 0 Å². The van der Waals surface area contributed by atoms with Crippen LogP contribution in [0.1, 0.15) is 31.0 Å². The number of aryl methyl sites for hydroxylation is 1. The zero-order valence-corrected chi connectivity index (χ0v) is 8.64. The lowest BCUT2D eigenvalue weighted by atomic mass is 10.1. The lowest BCUT2D eigenvalue weighted by molar-refractivity contribution is 0.849. The van der Waals surface area contributed by atoms with Gasteiger partial charge in [-0.05, 0) is 24.5 Å². The Kier molecular flexibility index (Phi) is 2.66. The third-order valence-electron chi connectivity index (χ3n) is 1.64. The van der Waals surface area contributed by atoms with Gasteiger partial charge in [0.25, 0.3) is 0 Å². The van der Waals surface area contributed by atoms with Crippen molar-refractivity contribution in [1.29, 1.82) is 0 Å². The van der Waals surface area contributed by atoms with Crippen LogP contribution >= 0.6 is 15.9 Å². The molecule has 0 aliphatic rings. The summed E-state index contributed by atoms with van der Waals surface area (Å²) in [6.45, 7) is 6.32. The molecule has 0 N–H and O–H groups in total. The molecule has 1 aromatic rings. The molecule has 0 aliphatic heterocycles. The van der Waals surface area contributed by atoms with Crippen LogP contribution in [0.2, 0.25) is 0 Å². The molecule has 1 nitrogen and oxygen atoms in total. The normalized spacial score (nSPS) is 10.6. The second kappa shape index (κ2) is 3.35. The van der Waals surface area contributed by atoms with Gasteiger partial charge < -0.3 is 0 Å². The number of nitrogens with zero attached hydrogens (tertiary/aromatic N) is 1. The summed E-state index contributed by atoms with van der Waals surface area (Å²) in [7, 11) is 0. The average molecular weight is 214 g/mol. The van der Waals surface area contributed by atoms with Gasteiger partial charge in [-0.2, -0.15) is 0 Å². The number of pyridine rings is 1. The maximum Gasteiger partial charge on any atom is 0.0384 e. The number of aromatic nitrogens is 1. The van der Waals surface area contributed by atoms with E-state index in [0.717, 1.165) is 5.69 Å². The lowest BCUT2D eigenvalue weighted by Crippen LogP contribution is -1.91. The molecule has 0 radical (unpaired) electrons. The highest BCUT2D eigenvalue weighted by molar-refractivity contribution is 9.10. The van der Waals surface area contributed by atoms with E-state index in [0.29, 0.717) is 5.92 Å². The van der Waals surface area contributed by atoms with Crippen LogP contribution in [0.5, 0.6) is 0 Å². The first-order chi connectivity index (χ1) is 5.11. The summed E-state index contributed by atoms with van der Waals surface area (Å²) < 4.78 is 1.17. The molecule has 0 unspecified atom stereocenters. The number of hydrogen-bond acceptors (Lipinski definition) is 1. The fourth-order valence-corrected chi connectivity index (χ4v) is 1.85. The highest BCUT2D eigenvalue weighted by Crippen LogP contribution is 2.23. The molecule has 2 heteroatoms. The van der Waals surface area contributed by atoms with E-state index in [-0.39, 0.29) is 0 Å². The van der Waals surface area contributed by atoms with E-state index in [1.165, 1.54) is 10.0 Å². The van der Waals surface area contributed by atoms with E-state index < -0.39 is 0 Å². The lowest BCUT2D eigenvalue weighted by Gasteiger charge is -2.07. The van der Waals surface area contributed by atoms with Crippen molar-refractivity contribution < 1.29 is 0 Å². The quantitative estimate of drug-likeness (QED) is 0.699. The van der Waals surface area contributed by atoms with E-state index in [4.69, 9.17) is 0 Å². The van der Waals surface area contributed by atoms with Crippen molar-refractivity contribution in [3.05, 3.63) is 28.0 Å². The molecular weight excluding hydrogens is 202 g/mol. The van der Waals surface area contributed by atoms with Crippen LogP contribution in [0.25, 0.3) is 0 Å². The van der Waals surface area contributed by atoms with E-state index in [9.17, 15) is 0 Å². The maximum atomic E-state index is 4.23. The Balaban J connectivity index is 3.09. The Hall–Kier alpha value is -0.370. The van der Waals surface area contributed by atoms with E-state index >= 15 is 0 Å². The Bertz CT molecular complexity index is 256. The third kappa shape index (κ3) is 2.03. The van der Waals surface area contributed by atoms with Crippen LogP contribution in [-0.4, -0.2) is 4.98 Å². The van der Waals surface area contributed by atoms with Gasteiger partial charge in [0.15, 0.2) is 0 Å². The molecule has 1 aromatic heterocycles. The van der Waals surface area contributed by atoms with E-state index in [1.54, 1.807) is 0 Å². The summed E-state index contributed by atoms with van der Waals surface area (Å²) in [4.78, 5) is 4.23. The van der Waals surface area contributed by atoms with Crippen LogP contribution in [0.3, 0.4) is 0 Å². The van der Waals surface area contributed by atoms with Gasteiger partial charge in [0, 0.05) is 16.4 Å². The molecule has 0 bridgehead atoms. The van der Waals surface area contributed by atoms with Gasteiger partial charge in [0.1, 0.15) is 0 Å². The summed E-state index contributed by atoms with van der Waals surface area (Å²) in [6, 6.07) is 2.05. The van der Waals surface area contributed by atoms with Gasteiger partial charge in [-0.1, -0.05) is 29.8 Å². The van der Waals surface area contributed by atoms with Gasteiger partial charge >= 0.3 is 0 Å². The second-order valence-electron chi connectivity index (χ2n) is 3.00. The molecule has 0 saturated heterocycles. The first-order valence-corrected chi connectivity index (χ1v) is 4.52. The van der Waals surface area contributed by atoms with Gasteiger partial charge in [-0.3, -0.25) is 4.98 Å². The minimum atomic E-state index is 0.539. The molecule has 1 rings (SSSR count). The smallest absolute Gasteiger partial charge is 0.0384 e. The largest absolute Gasteiger partial charge is 0.261 e. The van der Waals surface area contributed by atoms with Crippen molar-refractivity contribution in [3.63, 3.8) is 0 Å². The summed E-state index contributed by atoms with van der Waals surface area (Å²) in [5, 5.41) is 0. The van der Waals surface area contributed by atoms with E-state index in [2.05, 4.69) is 40.8 Å².